The molecule has 3 heterocycles. The second-order valence-electron chi connectivity index (χ2n) is 7.73. The second kappa shape index (κ2) is 9.16. The van der Waals surface area contributed by atoms with Crippen LogP contribution in [0.15, 0.2) is 64.2 Å². The van der Waals surface area contributed by atoms with Gasteiger partial charge in [0.1, 0.15) is 0 Å². The average Bonchev–Trinajstić information content (AvgIpc) is 2.93. The summed E-state index contributed by atoms with van der Waals surface area (Å²) in [5, 5.41) is 4.76. The Kier molecular flexibility index (Phi) is 6.49. The van der Waals surface area contributed by atoms with Gasteiger partial charge in [-0.25, -0.2) is 4.68 Å². The van der Waals surface area contributed by atoms with Crippen molar-refractivity contribution in [1.82, 2.24) is 19.2 Å². The van der Waals surface area contributed by atoms with Crippen LogP contribution in [0, 0.1) is 0 Å². The van der Waals surface area contributed by atoms with Crippen molar-refractivity contribution in [3.63, 3.8) is 0 Å². The summed E-state index contributed by atoms with van der Waals surface area (Å²) < 4.78 is 3.14. The first-order valence-corrected chi connectivity index (χ1v) is 10.9. The Bertz CT molecular complexity index is 1410. The molecule has 0 amide bonds. The summed E-state index contributed by atoms with van der Waals surface area (Å²) in [6.45, 7) is 2.50. The molecule has 0 atom stereocenters. The van der Waals surface area contributed by atoms with E-state index in [2.05, 4.69) is 10.00 Å². The van der Waals surface area contributed by atoms with E-state index in [1.165, 1.54) is 10.7 Å². The number of nitrogens with zero attached hydrogens (tertiary/aromatic N) is 3. The zero-order valence-corrected chi connectivity index (χ0v) is 19.4. The first-order valence-electron chi connectivity index (χ1n) is 10.1. The van der Waals surface area contributed by atoms with E-state index in [1.54, 1.807) is 16.7 Å². The first-order chi connectivity index (χ1) is 15.0. The highest BCUT2D eigenvalue weighted by molar-refractivity contribution is 6.32. The molecule has 2 aromatic heterocycles. The molecule has 0 unspecified atom stereocenters. The Morgan fingerprint density at radius 2 is 1.66 bits per heavy atom. The van der Waals surface area contributed by atoms with Gasteiger partial charge in [0.15, 0.2) is 0 Å². The van der Waals surface area contributed by atoms with Gasteiger partial charge >= 0.3 is 0 Å². The Morgan fingerprint density at radius 3 is 2.41 bits per heavy atom. The lowest BCUT2D eigenvalue weighted by Gasteiger charge is -2.21. The summed E-state index contributed by atoms with van der Waals surface area (Å²) in [7, 11) is 0. The van der Waals surface area contributed by atoms with Gasteiger partial charge in [0.2, 0.25) is 0 Å². The Labute approximate surface area is 200 Å². The molecule has 6 nitrogen and oxygen atoms in total. The molecule has 0 aliphatic carbocycles. The number of benzene rings is 2. The molecule has 32 heavy (non-hydrogen) atoms. The van der Waals surface area contributed by atoms with Crippen LogP contribution >= 0.6 is 35.6 Å². The van der Waals surface area contributed by atoms with E-state index in [4.69, 9.17) is 23.2 Å². The minimum atomic E-state index is -0.216. The molecule has 166 valence electrons. The Hall–Kier alpha value is -2.51. The smallest absolute Gasteiger partial charge is 0.280 e. The summed E-state index contributed by atoms with van der Waals surface area (Å²) in [4.78, 5) is 28.5. The van der Waals surface area contributed by atoms with Crippen molar-refractivity contribution in [2.75, 3.05) is 6.54 Å². The number of nitrogens with one attached hydrogen (secondary N) is 1. The van der Waals surface area contributed by atoms with Gasteiger partial charge in [-0.1, -0.05) is 53.5 Å². The number of halogens is 3. The summed E-state index contributed by atoms with van der Waals surface area (Å²) >= 11 is 12.7. The number of rotatable bonds is 3. The van der Waals surface area contributed by atoms with Crippen LogP contribution in [-0.4, -0.2) is 25.8 Å². The molecular weight excluding hydrogens is 471 g/mol. The maximum absolute atomic E-state index is 13.4. The standard InChI is InChI=1S/C23H20Cl2N4O2.ClH/c24-16-7-2-1-6-15(16)13-27-10-5-11-28-20(14-27)22-18(12-21(28)30)26-29(23(22)31)19-9-4-3-8-17(19)25;/h1-4,6-9,12,26H,5,10-11,13-14H2;1H. The molecule has 0 fully saturated rings. The zero-order valence-electron chi connectivity index (χ0n) is 17.1. The van der Waals surface area contributed by atoms with Crippen LogP contribution in [0.5, 0.6) is 0 Å². The fraction of sp³-hybridized carbons (Fsp3) is 0.217. The third-order valence-corrected chi connectivity index (χ3v) is 6.43. The Balaban J connectivity index is 0.00000245. The molecule has 9 heteroatoms. The normalized spacial score (nSPS) is 14.1. The fourth-order valence-corrected chi connectivity index (χ4v) is 4.68. The lowest BCUT2D eigenvalue weighted by molar-refractivity contribution is 0.262. The predicted molar refractivity (Wildman–Crippen MR) is 131 cm³/mol. The number of H-pyrrole nitrogens is 1. The minimum absolute atomic E-state index is 0. The van der Waals surface area contributed by atoms with Gasteiger partial charge in [0.05, 0.1) is 27.3 Å². The van der Waals surface area contributed by atoms with Crippen molar-refractivity contribution in [2.45, 2.75) is 26.1 Å². The molecular formula is C23H21Cl3N4O2. The van der Waals surface area contributed by atoms with Crippen molar-refractivity contribution in [3.05, 3.63) is 96.6 Å². The number of aromatic amines is 1. The van der Waals surface area contributed by atoms with E-state index in [1.807, 2.05) is 36.4 Å². The van der Waals surface area contributed by atoms with Crippen LogP contribution in [0.25, 0.3) is 16.6 Å². The van der Waals surface area contributed by atoms with Gasteiger partial charge in [0.25, 0.3) is 11.1 Å². The van der Waals surface area contributed by atoms with E-state index in [-0.39, 0.29) is 23.5 Å². The molecule has 5 rings (SSSR count). The minimum Gasteiger partial charge on any atom is -0.310 e. The molecule has 1 aliphatic rings. The lowest BCUT2D eigenvalue weighted by atomic mass is 10.2. The quantitative estimate of drug-likeness (QED) is 0.455. The second-order valence-corrected chi connectivity index (χ2v) is 8.54. The average molecular weight is 492 g/mol. The molecule has 1 N–H and O–H groups in total. The maximum atomic E-state index is 13.4. The maximum Gasteiger partial charge on any atom is 0.280 e. The van der Waals surface area contributed by atoms with E-state index in [0.717, 1.165) is 24.2 Å². The van der Waals surface area contributed by atoms with Gasteiger partial charge in [-0.2, -0.15) is 0 Å². The summed E-state index contributed by atoms with van der Waals surface area (Å²) in [5.41, 5.74) is 2.48. The number of pyridine rings is 1. The van der Waals surface area contributed by atoms with Crippen LogP contribution < -0.4 is 11.1 Å². The number of hydrogen-bond donors (Lipinski definition) is 1. The third-order valence-electron chi connectivity index (χ3n) is 5.74. The molecule has 2 aromatic carbocycles. The summed E-state index contributed by atoms with van der Waals surface area (Å²) in [6, 6.07) is 16.4. The number of fused-ring (bicyclic) bond motifs is 3. The van der Waals surface area contributed by atoms with Crippen molar-refractivity contribution >= 4 is 46.5 Å². The highest BCUT2D eigenvalue weighted by atomic mass is 35.5. The lowest BCUT2D eigenvalue weighted by Crippen LogP contribution is -2.27. The van der Waals surface area contributed by atoms with Gasteiger partial charge in [-0.05, 0) is 30.2 Å². The van der Waals surface area contributed by atoms with Crippen molar-refractivity contribution in [2.24, 2.45) is 0 Å². The van der Waals surface area contributed by atoms with E-state index < -0.39 is 0 Å². The molecule has 0 bridgehead atoms. The highest BCUT2D eigenvalue weighted by Crippen LogP contribution is 2.24. The number of aromatic nitrogens is 3. The van der Waals surface area contributed by atoms with E-state index in [9.17, 15) is 9.59 Å². The molecule has 0 saturated carbocycles. The highest BCUT2D eigenvalue weighted by Gasteiger charge is 2.23. The largest absolute Gasteiger partial charge is 0.310 e. The van der Waals surface area contributed by atoms with Crippen LogP contribution in [0.4, 0.5) is 0 Å². The number of hydrogen-bond acceptors (Lipinski definition) is 3. The number of para-hydroxylation sites is 1. The molecule has 0 spiro atoms. The van der Waals surface area contributed by atoms with Crippen LogP contribution in [0.3, 0.4) is 0 Å². The van der Waals surface area contributed by atoms with Crippen molar-refractivity contribution in [1.29, 1.82) is 0 Å². The van der Waals surface area contributed by atoms with E-state index in [0.29, 0.717) is 46.3 Å². The monoisotopic (exact) mass is 490 g/mol. The van der Waals surface area contributed by atoms with Gasteiger partial charge in [0, 0.05) is 37.3 Å². The van der Waals surface area contributed by atoms with Crippen molar-refractivity contribution < 1.29 is 0 Å². The third kappa shape index (κ3) is 3.99. The summed E-state index contributed by atoms with van der Waals surface area (Å²) in [5.74, 6) is 0. The molecule has 4 aromatic rings. The molecule has 1 aliphatic heterocycles. The van der Waals surface area contributed by atoms with Crippen LogP contribution in [0.2, 0.25) is 10.0 Å². The van der Waals surface area contributed by atoms with Crippen molar-refractivity contribution in [3.8, 4) is 5.69 Å². The molecule has 0 saturated heterocycles. The fourth-order valence-electron chi connectivity index (χ4n) is 4.26. The SMILES string of the molecule is Cl.O=c1c2c3n(c(=O)cc2[nH]n1-c1ccccc1Cl)CCCN(Cc1ccccc1Cl)C3. The predicted octanol–water partition coefficient (Wildman–Crippen LogP) is 4.62. The van der Waals surface area contributed by atoms with Crippen LogP contribution in [0.1, 0.15) is 17.7 Å². The zero-order chi connectivity index (χ0) is 21.5. The molecule has 0 radical (unpaired) electrons. The van der Waals surface area contributed by atoms with Gasteiger partial charge < -0.3 is 4.57 Å². The first kappa shape index (κ1) is 22.7. The van der Waals surface area contributed by atoms with Crippen LogP contribution in [-0.2, 0) is 19.6 Å². The topological polar surface area (TPSA) is 63.0 Å². The van der Waals surface area contributed by atoms with E-state index >= 15 is 0 Å². The van der Waals surface area contributed by atoms with Gasteiger partial charge in [-0.15, -0.1) is 12.4 Å². The van der Waals surface area contributed by atoms with Gasteiger partial charge in [-0.3, -0.25) is 19.6 Å². The Morgan fingerprint density at radius 1 is 0.938 bits per heavy atom. The summed E-state index contributed by atoms with van der Waals surface area (Å²) in [6.07, 6.45) is 0.812.